The zero-order valence-corrected chi connectivity index (χ0v) is 12.0. The molecule has 4 nitrogen and oxygen atoms in total. The zero-order chi connectivity index (χ0) is 14.3. The highest BCUT2D eigenvalue weighted by atomic mass is 32.1. The largest absolute Gasteiger partial charge is 0.452 e. The first-order valence-electron chi connectivity index (χ1n) is 6.31. The van der Waals surface area contributed by atoms with Gasteiger partial charge in [0.15, 0.2) is 5.76 Å². The van der Waals surface area contributed by atoms with Crippen LogP contribution in [0, 0.1) is 6.92 Å². The molecule has 102 valence electrons. The third-order valence-electron chi connectivity index (χ3n) is 3.11. The number of carbonyl (C=O) groups excluding carboxylic acids is 1. The average molecular weight is 286 g/mol. The molecule has 0 fully saturated rings. The van der Waals surface area contributed by atoms with E-state index in [9.17, 15) is 4.79 Å². The van der Waals surface area contributed by atoms with Gasteiger partial charge >= 0.3 is 0 Å². The van der Waals surface area contributed by atoms with E-state index in [1.165, 1.54) is 11.3 Å². The van der Waals surface area contributed by atoms with Crippen molar-refractivity contribution in [1.82, 2.24) is 4.98 Å². The first-order valence-corrected chi connectivity index (χ1v) is 7.19. The number of aromatic nitrogens is 1. The van der Waals surface area contributed by atoms with E-state index in [0.717, 1.165) is 21.5 Å². The summed E-state index contributed by atoms with van der Waals surface area (Å²) >= 11 is 1.39. The van der Waals surface area contributed by atoms with Crippen LogP contribution in [0.5, 0.6) is 0 Å². The first kappa shape index (κ1) is 13.0. The number of hydrogen-bond acceptors (Lipinski definition) is 5. The number of nitrogens with two attached hydrogens (primary N) is 1. The van der Waals surface area contributed by atoms with E-state index in [1.807, 2.05) is 32.0 Å². The lowest BCUT2D eigenvalue weighted by Crippen LogP contribution is -2.06. The van der Waals surface area contributed by atoms with Crippen LogP contribution in [0.15, 0.2) is 34.1 Å². The Kier molecular flexibility index (Phi) is 3.16. The number of hydrogen-bond donors (Lipinski definition) is 1. The maximum absolute atomic E-state index is 12.4. The van der Waals surface area contributed by atoms with E-state index in [2.05, 4.69) is 4.98 Å². The van der Waals surface area contributed by atoms with Crippen molar-refractivity contribution in [3.63, 3.8) is 0 Å². The summed E-state index contributed by atoms with van der Waals surface area (Å²) in [6.45, 7) is 3.80. The molecule has 0 aliphatic rings. The van der Waals surface area contributed by atoms with Crippen molar-refractivity contribution < 1.29 is 9.21 Å². The smallest absolute Gasteiger partial charge is 0.247 e. The van der Waals surface area contributed by atoms with Crippen molar-refractivity contribution in [2.45, 2.75) is 19.9 Å². The third kappa shape index (κ3) is 2.15. The summed E-state index contributed by atoms with van der Waals surface area (Å²) in [5.74, 6) is 0.111. The number of rotatable bonds is 3. The summed E-state index contributed by atoms with van der Waals surface area (Å²) in [6.07, 6.45) is 0. The van der Waals surface area contributed by atoms with Crippen LogP contribution in [-0.4, -0.2) is 10.8 Å². The van der Waals surface area contributed by atoms with Crippen molar-refractivity contribution in [2.75, 3.05) is 0 Å². The van der Waals surface area contributed by atoms with Crippen molar-refractivity contribution in [2.24, 2.45) is 5.73 Å². The standard InChI is InChI=1S/C15H14N2O2S/c1-8-4-3-5-10-6-12(19-14(8)10)13(18)11-7-20-15(17-11)9(2)16/h3-7,9H,16H2,1-2H3. The van der Waals surface area contributed by atoms with Gasteiger partial charge in [-0.1, -0.05) is 18.2 Å². The normalized spacial score (nSPS) is 12.8. The Morgan fingerprint density at radius 1 is 1.45 bits per heavy atom. The number of fused-ring (bicyclic) bond motifs is 1. The second kappa shape index (κ2) is 4.85. The summed E-state index contributed by atoms with van der Waals surface area (Å²) in [5, 5.41) is 3.40. The second-order valence-electron chi connectivity index (χ2n) is 4.79. The van der Waals surface area contributed by atoms with Gasteiger partial charge < -0.3 is 10.2 Å². The molecule has 0 bridgehead atoms. The van der Waals surface area contributed by atoms with Gasteiger partial charge in [-0.15, -0.1) is 11.3 Å². The van der Waals surface area contributed by atoms with Crippen LogP contribution in [0.3, 0.4) is 0 Å². The Bertz CT molecular complexity index is 786. The number of para-hydroxylation sites is 1. The van der Waals surface area contributed by atoms with E-state index in [4.69, 9.17) is 10.2 Å². The number of ketones is 1. The molecule has 0 saturated heterocycles. The monoisotopic (exact) mass is 286 g/mol. The lowest BCUT2D eigenvalue weighted by molar-refractivity contribution is 0.101. The highest BCUT2D eigenvalue weighted by Gasteiger charge is 2.19. The van der Waals surface area contributed by atoms with Gasteiger partial charge in [0.1, 0.15) is 16.3 Å². The van der Waals surface area contributed by atoms with Crippen molar-refractivity contribution >= 4 is 28.1 Å². The van der Waals surface area contributed by atoms with E-state index in [-0.39, 0.29) is 11.8 Å². The Morgan fingerprint density at radius 3 is 2.90 bits per heavy atom. The van der Waals surface area contributed by atoms with Crippen LogP contribution >= 0.6 is 11.3 Å². The van der Waals surface area contributed by atoms with Crippen molar-refractivity contribution in [3.8, 4) is 0 Å². The molecule has 2 aromatic heterocycles. The van der Waals surface area contributed by atoms with E-state index in [1.54, 1.807) is 11.4 Å². The van der Waals surface area contributed by atoms with Crippen molar-refractivity contribution in [1.29, 1.82) is 0 Å². The maximum Gasteiger partial charge on any atom is 0.247 e. The Morgan fingerprint density at radius 2 is 2.25 bits per heavy atom. The fraction of sp³-hybridized carbons (Fsp3) is 0.200. The van der Waals surface area contributed by atoms with Gasteiger partial charge in [-0.05, 0) is 25.5 Å². The molecule has 1 atom stereocenters. The van der Waals surface area contributed by atoms with E-state index >= 15 is 0 Å². The number of furan rings is 1. The summed E-state index contributed by atoms with van der Waals surface area (Å²) < 4.78 is 5.67. The lowest BCUT2D eigenvalue weighted by atomic mass is 10.1. The zero-order valence-electron chi connectivity index (χ0n) is 11.2. The molecule has 0 saturated carbocycles. The molecule has 0 radical (unpaired) electrons. The second-order valence-corrected chi connectivity index (χ2v) is 5.68. The number of benzene rings is 1. The van der Waals surface area contributed by atoms with Crippen molar-refractivity contribution in [3.05, 3.63) is 51.7 Å². The topological polar surface area (TPSA) is 69.1 Å². The van der Waals surface area contributed by atoms with Crippen LogP contribution < -0.4 is 5.73 Å². The van der Waals surface area contributed by atoms with Gasteiger partial charge in [0.2, 0.25) is 5.78 Å². The molecule has 0 amide bonds. The minimum Gasteiger partial charge on any atom is -0.452 e. The molecular formula is C15H14N2O2S. The van der Waals surface area contributed by atoms with Gasteiger partial charge in [0.25, 0.3) is 0 Å². The van der Waals surface area contributed by atoms with Gasteiger partial charge in [-0.25, -0.2) is 4.98 Å². The molecule has 3 aromatic rings. The molecule has 0 spiro atoms. The third-order valence-corrected chi connectivity index (χ3v) is 4.15. The fourth-order valence-corrected chi connectivity index (χ4v) is 2.81. The van der Waals surface area contributed by atoms with Gasteiger partial charge in [0, 0.05) is 10.8 Å². The number of carbonyl (C=O) groups is 1. The molecule has 5 heteroatoms. The SMILES string of the molecule is Cc1cccc2cc(C(=O)c3csc(C(C)N)n3)oc12. The molecular weight excluding hydrogens is 272 g/mol. The Labute approximate surface area is 120 Å². The van der Waals surface area contributed by atoms with E-state index in [0.29, 0.717) is 11.5 Å². The van der Waals surface area contributed by atoms with Crippen LogP contribution in [0.25, 0.3) is 11.0 Å². The van der Waals surface area contributed by atoms with E-state index < -0.39 is 0 Å². The van der Waals surface area contributed by atoms with Crippen LogP contribution in [0.2, 0.25) is 0 Å². The summed E-state index contributed by atoms with van der Waals surface area (Å²) in [4.78, 5) is 16.6. The molecule has 0 aliphatic heterocycles. The predicted octanol–water partition coefficient (Wildman–Crippen LogP) is 3.45. The highest BCUT2D eigenvalue weighted by molar-refractivity contribution is 7.09. The number of nitrogens with zero attached hydrogens (tertiary/aromatic N) is 1. The van der Waals surface area contributed by atoms with Gasteiger partial charge in [-0.2, -0.15) is 0 Å². The fourth-order valence-electron chi connectivity index (χ4n) is 2.05. The summed E-state index contributed by atoms with van der Waals surface area (Å²) in [7, 11) is 0. The minimum absolute atomic E-state index is 0.167. The predicted molar refractivity (Wildman–Crippen MR) is 79.1 cm³/mol. The maximum atomic E-state index is 12.4. The molecule has 0 aliphatic carbocycles. The van der Waals surface area contributed by atoms with Crippen LogP contribution in [0.1, 0.15) is 39.8 Å². The summed E-state index contributed by atoms with van der Waals surface area (Å²) in [6, 6.07) is 7.42. The molecule has 1 unspecified atom stereocenters. The number of thiazole rings is 1. The van der Waals surface area contributed by atoms with Gasteiger partial charge in [0.05, 0.1) is 6.04 Å². The molecule has 2 N–H and O–H groups in total. The highest BCUT2D eigenvalue weighted by Crippen LogP contribution is 2.25. The quantitative estimate of drug-likeness (QED) is 0.749. The number of aryl methyl sites for hydroxylation is 1. The molecule has 20 heavy (non-hydrogen) atoms. The minimum atomic E-state index is -0.205. The van der Waals surface area contributed by atoms with Crippen LogP contribution in [-0.2, 0) is 0 Å². The molecule has 1 aromatic carbocycles. The average Bonchev–Trinajstić information content (AvgIpc) is 3.05. The molecule has 2 heterocycles. The Hall–Kier alpha value is -1.98. The van der Waals surface area contributed by atoms with Gasteiger partial charge in [-0.3, -0.25) is 4.79 Å². The first-order chi connectivity index (χ1) is 9.56. The van der Waals surface area contributed by atoms with Crippen LogP contribution in [0.4, 0.5) is 0 Å². The molecule has 3 rings (SSSR count). The Balaban J connectivity index is 2.01. The summed E-state index contributed by atoms with van der Waals surface area (Å²) in [5.41, 5.74) is 7.91. The lowest BCUT2D eigenvalue weighted by Gasteiger charge is -1.96.